The topological polar surface area (TPSA) is 366 Å². The summed E-state index contributed by atoms with van der Waals surface area (Å²) in [5.74, 6) is -0.317. The summed E-state index contributed by atoms with van der Waals surface area (Å²) < 4.78 is 53.8. The molecule has 0 aromatic carbocycles. The summed E-state index contributed by atoms with van der Waals surface area (Å²) in [6, 6.07) is 0. The maximum Gasteiger partial charge on any atom is 0.189 e. The second-order valence-electron chi connectivity index (χ2n) is 23.5. The second kappa shape index (κ2) is 21.8. The van der Waals surface area contributed by atoms with E-state index in [-0.39, 0.29) is 41.3 Å². The van der Waals surface area contributed by atoms with E-state index >= 15 is 0 Å². The van der Waals surface area contributed by atoms with Gasteiger partial charge >= 0.3 is 0 Å². The molecule has 0 spiro atoms. The molecule has 5 heterocycles. The van der Waals surface area contributed by atoms with E-state index < -0.39 is 148 Å². The van der Waals surface area contributed by atoms with Crippen LogP contribution < -0.4 is 0 Å². The molecule has 9 rings (SSSR count). The monoisotopic (exact) mass is 1050 g/mol. The van der Waals surface area contributed by atoms with Gasteiger partial charge in [-0.2, -0.15) is 0 Å². The Balaban J connectivity index is 0.846. The van der Waals surface area contributed by atoms with Crippen molar-refractivity contribution in [2.75, 3.05) is 19.8 Å². The van der Waals surface area contributed by atoms with Crippen LogP contribution in [0, 0.1) is 46.3 Å². The summed E-state index contributed by atoms with van der Waals surface area (Å²) in [7, 11) is 0. The van der Waals surface area contributed by atoms with E-state index in [1.807, 2.05) is 6.92 Å². The van der Waals surface area contributed by atoms with Crippen molar-refractivity contribution in [3.63, 3.8) is 0 Å². The zero-order valence-corrected chi connectivity index (χ0v) is 42.2. The fourth-order valence-electron chi connectivity index (χ4n) is 14.8. The number of fused-ring (bicyclic) bond motifs is 7. The van der Waals surface area contributed by atoms with Crippen LogP contribution in [0.4, 0.5) is 0 Å². The Bertz CT molecular complexity index is 1900. The zero-order valence-electron chi connectivity index (χ0n) is 42.2. The highest BCUT2D eigenvalue weighted by Crippen LogP contribution is 2.70. The molecular formula is C50H82O23. The zero-order chi connectivity index (χ0) is 52.8. The molecule has 23 heteroatoms. The number of aliphatic hydroxyl groups is 14. The van der Waals surface area contributed by atoms with Crippen molar-refractivity contribution in [2.24, 2.45) is 46.3 Å². The van der Waals surface area contributed by atoms with E-state index in [4.69, 9.17) is 42.6 Å². The minimum absolute atomic E-state index is 0.0712. The predicted octanol–water partition coefficient (Wildman–Crippen LogP) is -3.05. The quantitative estimate of drug-likeness (QED) is 0.0769. The first-order valence-corrected chi connectivity index (χ1v) is 26.5. The molecule has 8 fully saturated rings. The lowest BCUT2D eigenvalue weighted by Crippen LogP contribution is -2.66. The molecule has 0 aromatic rings. The number of ether oxygens (including phenoxy) is 9. The largest absolute Gasteiger partial charge is 0.394 e. The Morgan fingerprint density at radius 2 is 1.29 bits per heavy atom. The van der Waals surface area contributed by atoms with Gasteiger partial charge in [-0.15, -0.1) is 0 Å². The Hall–Kier alpha value is -1.18. The highest BCUT2D eigenvalue weighted by molar-refractivity contribution is 5.26. The molecule has 3 saturated carbocycles. The molecule has 0 aromatic heterocycles. The highest BCUT2D eigenvalue weighted by Gasteiger charge is 2.68. The van der Waals surface area contributed by atoms with Gasteiger partial charge < -0.3 is 114 Å². The number of aliphatic hydroxyl groups excluding tert-OH is 13. The normalized spacial score (nSPS) is 55.5. The van der Waals surface area contributed by atoms with Crippen LogP contribution in [0.15, 0.2) is 11.6 Å². The third-order valence-electron chi connectivity index (χ3n) is 19.2. The van der Waals surface area contributed by atoms with Gasteiger partial charge in [-0.05, 0) is 98.7 Å². The van der Waals surface area contributed by atoms with E-state index in [1.54, 1.807) is 0 Å². The summed E-state index contributed by atoms with van der Waals surface area (Å²) in [6.07, 6.45) is -23.3. The molecule has 0 bridgehead atoms. The summed E-state index contributed by atoms with van der Waals surface area (Å²) in [5, 5.41) is 148. The lowest BCUT2D eigenvalue weighted by molar-refractivity contribution is -0.397. The molecule has 15 unspecified atom stereocenters. The number of allylic oxidation sites excluding steroid dienone is 1. The van der Waals surface area contributed by atoms with E-state index in [2.05, 4.69) is 26.8 Å². The average molecular weight is 1050 g/mol. The molecule has 31 atom stereocenters. The number of hydrogen-bond acceptors (Lipinski definition) is 23. The van der Waals surface area contributed by atoms with Crippen LogP contribution in [-0.4, -0.2) is 232 Å². The Labute approximate surface area is 424 Å². The molecule has 5 aliphatic heterocycles. The molecule has 0 radical (unpaired) electrons. The summed E-state index contributed by atoms with van der Waals surface area (Å²) >= 11 is 0. The van der Waals surface area contributed by atoms with Crippen LogP contribution in [0.1, 0.15) is 92.4 Å². The van der Waals surface area contributed by atoms with Crippen molar-refractivity contribution in [1.82, 2.24) is 0 Å². The third-order valence-corrected chi connectivity index (χ3v) is 19.2. The smallest absolute Gasteiger partial charge is 0.189 e. The minimum Gasteiger partial charge on any atom is -0.394 e. The standard InChI is InChI=1S/C50H82O23/c1-19(18-65-44-37(59)34(56)32(54)28(16-51)68-44)8-13-50(64)20(2)30-27(73-50)15-26-24-7-6-22-14-23(9-11-48(22,4)25(24)10-12-49(26,30)5)67-47-42(71-45-38(60)33(55)31(53)21(3)66-45)40(62)41(29(17-52)69-47)70-46-39(61)35(57)36(58)43(63)72-46/h6,19-21,23-47,51-64H,7-18H2,1-5H3/t19-,20+,21?,23?,24-,25+,26+,27?,28?,29?,30-,31+,32-,33?,34?,35?,36-,37?,38?,39?,40?,41-,42?,43?,44-,45+,46-,47-,48+,49+,50?/m1/s1. The number of hydrogen-bond donors (Lipinski definition) is 14. The molecule has 73 heavy (non-hydrogen) atoms. The maximum absolute atomic E-state index is 12.1. The van der Waals surface area contributed by atoms with Gasteiger partial charge in [0.2, 0.25) is 0 Å². The molecule has 4 aliphatic carbocycles. The van der Waals surface area contributed by atoms with Gasteiger partial charge in [0, 0.05) is 12.3 Å². The average Bonchev–Trinajstić information content (AvgIpc) is 3.80. The maximum atomic E-state index is 12.1. The van der Waals surface area contributed by atoms with Crippen molar-refractivity contribution in [2.45, 2.75) is 233 Å². The predicted molar refractivity (Wildman–Crippen MR) is 245 cm³/mol. The van der Waals surface area contributed by atoms with E-state index in [0.29, 0.717) is 43.4 Å². The van der Waals surface area contributed by atoms with Crippen LogP contribution in [0.2, 0.25) is 0 Å². The first-order chi connectivity index (χ1) is 34.5. The van der Waals surface area contributed by atoms with Gasteiger partial charge in [0.25, 0.3) is 0 Å². The summed E-state index contributed by atoms with van der Waals surface area (Å²) in [6.45, 7) is 9.06. The van der Waals surface area contributed by atoms with Crippen LogP contribution in [0.25, 0.3) is 0 Å². The highest BCUT2D eigenvalue weighted by atomic mass is 16.8. The molecular weight excluding hydrogens is 969 g/mol. The first-order valence-electron chi connectivity index (χ1n) is 26.5. The Kier molecular flexibility index (Phi) is 16.9. The van der Waals surface area contributed by atoms with Crippen molar-refractivity contribution in [3.8, 4) is 0 Å². The van der Waals surface area contributed by atoms with Gasteiger partial charge in [0.1, 0.15) is 85.5 Å². The molecule has 420 valence electrons. The van der Waals surface area contributed by atoms with Gasteiger partial charge in [-0.25, -0.2) is 0 Å². The van der Waals surface area contributed by atoms with E-state index in [0.717, 1.165) is 32.1 Å². The first kappa shape index (κ1) is 56.5. The molecule has 9 aliphatic rings. The fraction of sp³-hybridized carbons (Fsp3) is 0.960. The summed E-state index contributed by atoms with van der Waals surface area (Å²) in [5.41, 5.74) is 1.01. The van der Waals surface area contributed by atoms with E-state index in [9.17, 15) is 71.5 Å². The molecule has 0 amide bonds. The van der Waals surface area contributed by atoms with Crippen LogP contribution in [0.5, 0.6) is 0 Å². The molecule has 5 saturated heterocycles. The molecule has 23 nitrogen and oxygen atoms in total. The van der Waals surface area contributed by atoms with Crippen LogP contribution >= 0.6 is 0 Å². The van der Waals surface area contributed by atoms with Gasteiger partial charge in [-0.1, -0.05) is 39.3 Å². The van der Waals surface area contributed by atoms with E-state index in [1.165, 1.54) is 12.5 Å². The molecule has 14 N–H and O–H groups in total. The SMILES string of the molecule is CC1O[C@@H](OC2C(O)[C@H](O[C@@H]3OC(O)[C@H](O)C(O)C3O)C(CO)O[C@H]2OC2CC[C@@]3(C)C(=CC[C@H]4[C@@H]5CC6OC(O)(CC[C@@H](C)CO[C@@H]7OC(CO)[C@@H](O)C(O)C7O)[C@@H](C)[C@H]6[C@@]5(C)CC[C@@H]43)C2)C(O)C(O)[C@H]1O. The van der Waals surface area contributed by atoms with Crippen LogP contribution in [-0.2, 0) is 42.6 Å². The third kappa shape index (κ3) is 10.1. The Morgan fingerprint density at radius 3 is 1.99 bits per heavy atom. The lowest BCUT2D eigenvalue weighted by Gasteiger charge is -2.58. The minimum atomic E-state index is -1.97. The van der Waals surface area contributed by atoms with Gasteiger partial charge in [0.05, 0.1) is 38.1 Å². The van der Waals surface area contributed by atoms with Crippen LogP contribution in [0.3, 0.4) is 0 Å². The lowest BCUT2D eigenvalue weighted by atomic mass is 9.47. The second-order valence-corrected chi connectivity index (χ2v) is 23.5. The van der Waals surface area contributed by atoms with Crippen molar-refractivity contribution in [1.29, 1.82) is 0 Å². The van der Waals surface area contributed by atoms with Gasteiger partial charge in [-0.3, -0.25) is 0 Å². The summed E-state index contributed by atoms with van der Waals surface area (Å²) in [4.78, 5) is 0. The fourth-order valence-corrected chi connectivity index (χ4v) is 14.8. The Morgan fingerprint density at radius 1 is 0.658 bits per heavy atom. The van der Waals surface area contributed by atoms with Crippen molar-refractivity contribution < 1.29 is 114 Å². The van der Waals surface area contributed by atoms with Gasteiger partial charge in [0.15, 0.2) is 37.2 Å². The van der Waals surface area contributed by atoms with Crippen molar-refractivity contribution in [3.05, 3.63) is 11.6 Å². The number of rotatable bonds is 14. The van der Waals surface area contributed by atoms with Crippen molar-refractivity contribution >= 4 is 0 Å².